The van der Waals surface area contributed by atoms with Gasteiger partial charge in [0.1, 0.15) is 6.26 Å². The summed E-state index contributed by atoms with van der Waals surface area (Å²) in [4.78, 5) is 16.1. The Morgan fingerprint density at radius 3 is 2.93 bits per heavy atom. The molecule has 0 saturated heterocycles. The first-order valence-corrected chi connectivity index (χ1v) is 4.46. The molecule has 0 radical (unpaired) electrons. The first-order chi connectivity index (χ1) is 7.06. The summed E-state index contributed by atoms with van der Waals surface area (Å²) < 4.78 is 10.0. The third-order valence-electron chi connectivity index (χ3n) is 2.08. The lowest BCUT2D eigenvalue weighted by molar-refractivity contribution is 0.0690. The Hall–Kier alpha value is -1.56. The predicted molar refractivity (Wildman–Crippen MR) is 53.2 cm³/mol. The van der Waals surface area contributed by atoms with Gasteiger partial charge in [0.2, 0.25) is 0 Å². The molecule has 0 bridgehead atoms. The fraction of sp³-hybridized carbons (Fsp3) is 0.556. The van der Waals surface area contributed by atoms with Gasteiger partial charge in [-0.05, 0) is 6.92 Å². The van der Waals surface area contributed by atoms with Crippen LogP contribution in [0, 0.1) is 0 Å². The molecule has 0 spiro atoms. The van der Waals surface area contributed by atoms with Gasteiger partial charge in [0.25, 0.3) is 6.01 Å². The second kappa shape index (κ2) is 4.79. The highest BCUT2D eigenvalue weighted by Gasteiger charge is 2.17. The van der Waals surface area contributed by atoms with Crippen LogP contribution in [-0.2, 0) is 4.74 Å². The van der Waals surface area contributed by atoms with Gasteiger partial charge in [-0.15, -0.1) is 0 Å². The smallest absolute Gasteiger partial charge is 0.357 e. The van der Waals surface area contributed by atoms with Crippen LogP contribution in [0.4, 0.5) is 6.01 Å². The molecule has 1 heterocycles. The number of ether oxygens (including phenoxy) is 1. The molecule has 0 aliphatic rings. The quantitative estimate of drug-likeness (QED) is 0.782. The molecule has 6 nitrogen and oxygen atoms in total. The average molecular weight is 214 g/mol. The van der Waals surface area contributed by atoms with Crippen LogP contribution < -0.4 is 4.90 Å². The zero-order valence-corrected chi connectivity index (χ0v) is 8.93. The maximum Gasteiger partial charge on any atom is 0.357 e. The minimum Gasteiger partial charge on any atom is -0.476 e. The zero-order chi connectivity index (χ0) is 11.4. The summed E-state index contributed by atoms with van der Waals surface area (Å²) in [5.74, 6) is -1.10. The van der Waals surface area contributed by atoms with Gasteiger partial charge in [-0.1, -0.05) is 0 Å². The van der Waals surface area contributed by atoms with Crippen molar-refractivity contribution in [1.82, 2.24) is 4.98 Å². The van der Waals surface area contributed by atoms with E-state index in [1.165, 1.54) is 0 Å². The van der Waals surface area contributed by atoms with Crippen LogP contribution in [0.5, 0.6) is 0 Å². The summed E-state index contributed by atoms with van der Waals surface area (Å²) in [6.45, 7) is 2.44. The number of aromatic carboxylic acids is 1. The largest absolute Gasteiger partial charge is 0.476 e. The van der Waals surface area contributed by atoms with E-state index in [1.54, 1.807) is 19.1 Å². The van der Waals surface area contributed by atoms with Crippen LogP contribution >= 0.6 is 0 Å². The number of carboxylic acids is 1. The van der Waals surface area contributed by atoms with Crippen LogP contribution in [0.25, 0.3) is 0 Å². The lowest BCUT2D eigenvalue weighted by Gasteiger charge is -2.21. The van der Waals surface area contributed by atoms with E-state index in [4.69, 9.17) is 14.3 Å². The van der Waals surface area contributed by atoms with E-state index >= 15 is 0 Å². The van der Waals surface area contributed by atoms with E-state index in [0.29, 0.717) is 6.61 Å². The molecule has 6 heteroatoms. The molecule has 1 N–H and O–H groups in total. The molecule has 0 aliphatic carbocycles. The molecule has 0 aromatic carbocycles. The minimum absolute atomic E-state index is 0.0651. The Bertz CT molecular complexity index is 337. The third kappa shape index (κ3) is 2.69. The van der Waals surface area contributed by atoms with Crippen molar-refractivity contribution >= 4 is 12.0 Å². The number of nitrogens with zero attached hydrogens (tertiary/aromatic N) is 2. The minimum atomic E-state index is -1.10. The van der Waals surface area contributed by atoms with Crippen LogP contribution in [0.2, 0.25) is 0 Å². The molecule has 84 valence electrons. The number of anilines is 1. The molecular formula is C9H14N2O4. The van der Waals surface area contributed by atoms with Gasteiger partial charge in [0.05, 0.1) is 12.6 Å². The number of hydrogen-bond acceptors (Lipinski definition) is 5. The SMILES string of the molecule is COC[C@@H](C)N(C)c1nc(C(=O)O)co1. The van der Waals surface area contributed by atoms with E-state index in [9.17, 15) is 4.79 Å². The standard InChI is InChI=1S/C9H14N2O4/c1-6(4-14-3)11(2)9-10-7(5-15-9)8(12)13/h5-6H,4H2,1-3H3,(H,12,13)/t6-/m1/s1. The predicted octanol–water partition coefficient (Wildman–Crippen LogP) is 0.844. The molecule has 1 aromatic rings. The Labute approximate surface area is 87.5 Å². The highest BCUT2D eigenvalue weighted by molar-refractivity contribution is 5.85. The summed E-state index contributed by atoms with van der Waals surface area (Å²) in [7, 11) is 3.36. The Kier molecular flexibility index (Phi) is 3.68. The maximum atomic E-state index is 10.6. The highest BCUT2D eigenvalue weighted by atomic mass is 16.5. The number of methoxy groups -OCH3 is 1. The highest BCUT2D eigenvalue weighted by Crippen LogP contribution is 2.14. The number of likely N-dealkylation sites (N-methyl/N-ethyl adjacent to an activating group) is 1. The fourth-order valence-corrected chi connectivity index (χ4v) is 1.07. The van der Waals surface area contributed by atoms with E-state index in [2.05, 4.69) is 4.98 Å². The molecule has 1 atom stereocenters. The molecule has 1 aromatic heterocycles. The molecule has 0 unspecified atom stereocenters. The van der Waals surface area contributed by atoms with Gasteiger partial charge in [-0.25, -0.2) is 4.79 Å². The average Bonchev–Trinajstić information content (AvgIpc) is 2.65. The molecule has 0 aliphatic heterocycles. The van der Waals surface area contributed by atoms with Crippen LogP contribution in [0.15, 0.2) is 10.7 Å². The van der Waals surface area contributed by atoms with Gasteiger partial charge in [-0.2, -0.15) is 4.98 Å². The number of aromatic nitrogens is 1. The van der Waals surface area contributed by atoms with Gasteiger partial charge < -0.3 is 19.2 Å². The first kappa shape index (κ1) is 11.5. The number of carbonyl (C=O) groups is 1. The molecular weight excluding hydrogens is 200 g/mol. The molecule has 0 saturated carbocycles. The van der Waals surface area contributed by atoms with Crippen LogP contribution in [0.1, 0.15) is 17.4 Å². The lowest BCUT2D eigenvalue weighted by Crippen LogP contribution is -2.32. The van der Waals surface area contributed by atoms with E-state index in [-0.39, 0.29) is 17.8 Å². The molecule has 15 heavy (non-hydrogen) atoms. The molecule has 0 fully saturated rings. The second-order valence-electron chi connectivity index (χ2n) is 3.24. The third-order valence-corrected chi connectivity index (χ3v) is 2.08. The number of hydrogen-bond donors (Lipinski definition) is 1. The number of oxazole rings is 1. The van der Waals surface area contributed by atoms with E-state index in [1.807, 2.05) is 6.92 Å². The van der Waals surface area contributed by atoms with Crippen molar-refractivity contribution in [1.29, 1.82) is 0 Å². The normalized spacial score (nSPS) is 12.5. The van der Waals surface area contributed by atoms with Gasteiger partial charge in [0, 0.05) is 14.2 Å². The number of carboxylic acid groups (broad SMARTS) is 1. The van der Waals surface area contributed by atoms with Gasteiger partial charge >= 0.3 is 5.97 Å². The number of rotatable bonds is 5. The Balaban J connectivity index is 2.73. The second-order valence-corrected chi connectivity index (χ2v) is 3.24. The molecule has 0 amide bonds. The monoisotopic (exact) mass is 214 g/mol. The Morgan fingerprint density at radius 1 is 1.80 bits per heavy atom. The van der Waals surface area contributed by atoms with Crippen molar-refractivity contribution in [2.75, 3.05) is 25.7 Å². The molecule has 1 rings (SSSR count). The fourth-order valence-electron chi connectivity index (χ4n) is 1.07. The topological polar surface area (TPSA) is 75.8 Å². The first-order valence-electron chi connectivity index (χ1n) is 4.46. The van der Waals surface area contributed by atoms with Crippen LogP contribution in [-0.4, -0.2) is 42.9 Å². The Morgan fingerprint density at radius 2 is 2.47 bits per heavy atom. The van der Waals surface area contributed by atoms with Crippen LogP contribution in [0.3, 0.4) is 0 Å². The van der Waals surface area contributed by atoms with Crippen molar-refractivity contribution in [3.63, 3.8) is 0 Å². The van der Waals surface area contributed by atoms with E-state index < -0.39 is 5.97 Å². The van der Waals surface area contributed by atoms with E-state index in [0.717, 1.165) is 6.26 Å². The summed E-state index contributed by atoms with van der Waals surface area (Å²) in [5, 5.41) is 8.66. The summed E-state index contributed by atoms with van der Waals surface area (Å²) >= 11 is 0. The van der Waals surface area contributed by atoms with Gasteiger partial charge in [-0.3, -0.25) is 0 Å². The lowest BCUT2D eigenvalue weighted by atomic mass is 10.3. The van der Waals surface area contributed by atoms with Gasteiger partial charge in [0.15, 0.2) is 5.69 Å². The van der Waals surface area contributed by atoms with Crippen molar-refractivity contribution in [3.05, 3.63) is 12.0 Å². The maximum absolute atomic E-state index is 10.6. The van der Waals surface area contributed by atoms with Crippen molar-refractivity contribution in [3.8, 4) is 0 Å². The summed E-state index contributed by atoms with van der Waals surface area (Å²) in [6, 6.07) is 0.340. The van der Waals surface area contributed by atoms with Crippen molar-refractivity contribution < 1.29 is 19.1 Å². The zero-order valence-electron chi connectivity index (χ0n) is 8.93. The van der Waals surface area contributed by atoms with Crippen molar-refractivity contribution in [2.24, 2.45) is 0 Å². The summed E-state index contributed by atoms with van der Waals surface area (Å²) in [5.41, 5.74) is -0.0959. The summed E-state index contributed by atoms with van der Waals surface area (Å²) in [6.07, 6.45) is 1.12. The van der Waals surface area contributed by atoms with Crippen molar-refractivity contribution in [2.45, 2.75) is 13.0 Å².